The second-order valence-electron chi connectivity index (χ2n) is 4.97. The number of hydrogen-bond acceptors (Lipinski definition) is 5. The summed E-state index contributed by atoms with van der Waals surface area (Å²) in [6.07, 6.45) is 6.48. The first-order valence-corrected chi connectivity index (χ1v) is 7.02. The zero-order valence-corrected chi connectivity index (χ0v) is 12.0. The SMILES string of the molecule is O=C(Nc1ccc2nccnc2c1)c1ccc2nccnc2c1. The van der Waals surface area contributed by atoms with Crippen LogP contribution >= 0.6 is 0 Å². The van der Waals surface area contributed by atoms with Gasteiger partial charge in [-0.05, 0) is 36.4 Å². The van der Waals surface area contributed by atoms with Crippen LogP contribution in [0.1, 0.15) is 10.4 Å². The molecule has 0 atom stereocenters. The van der Waals surface area contributed by atoms with Gasteiger partial charge in [0.1, 0.15) is 0 Å². The number of rotatable bonds is 2. The monoisotopic (exact) mass is 301 g/mol. The molecule has 0 fully saturated rings. The summed E-state index contributed by atoms with van der Waals surface area (Å²) in [6, 6.07) is 10.6. The maximum Gasteiger partial charge on any atom is 0.255 e. The minimum Gasteiger partial charge on any atom is -0.322 e. The number of benzene rings is 2. The number of nitrogens with zero attached hydrogens (tertiary/aromatic N) is 4. The second kappa shape index (κ2) is 5.42. The fourth-order valence-corrected chi connectivity index (χ4v) is 2.35. The van der Waals surface area contributed by atoms with Crippen molar-refractivity contribution in [2.45, 2.75) is 0 Å². The first kappa shape index (κ1) is 13.3. The Morgan fingerprint density at radius 2 is 1.26 bits per heavy atom. The van der Waals surface area contributed by atoms with Gasteiger partial charge in [-0.1, -0.05) is 0 Å². The van der Waals surface area contributed by atoms with Crippen LogP contribution in [0.3, 0.4) is 0 Å². The van der Waals surface area contributed by atoms with Crippen LogP contribution in [0.4, 0.5) is 5.69 Å². The van der Waals surface area contributed by atoms with Crippen molar-refractivity contribution < 1.29 is 4.79 Å². The fraction of sp³-hybridized carbons (Fsp3) is 0. The molecule has 0 saturated carbocycles. The van der Waals surface area contributed by atoms with Crippen molar-refractivity contribution in [2.24, 2.45) is 0 Å². The summed E-state index contributed by atoms with van der Waals surface area (Å²) in [5.41, 5.74) is 4.15. The third-order valence-electron chi connectivity index (χ3n) is 3.46. The molecule has 0 aliphatic heterocycles. The summed E-state index contributed by atoms with van der Waals surface area (Å²) in [6.45, 7) is 0. The van der Waals surface area contributed by atoms with E-state index in [4.69, 9.17) is 0 Å². The Balaban J connectivity index is 1.64. The van der Waals surface area contributed by atoms with Gasteiger partial charge in [0, 0.05) is 36.0 Å². The largest absolute Gasteiger partial charge is 0.322 e. The van der Waals surface area contributed by atoms with Crippen molar-refractivity contribution in [2.75, 3.05) is 5.32 Å². The average molecular weight is 301 g/mol. The van der Waals surface area contributed by atoms with Gasteiger partial charge in [0.15, 0.2) is 0 Å². The van der Waals surface area contributed by atoms with Gasteiger partial charge in [-0.3, -0.25) is 24.7 Å². The lowest BCUT2D eigenvalue weighted by atomic mass is 10.1. The molecule has 0 radical (unpaired) electrons. The number of carbonyl (C=O) groups excluding carboxylic acids is 1. The van der Waals surface area contributed by atoms with Crippen molar-refractivity contribution in [1.29, 1.82) is 0 Å². The Bertz CT molecular complexity index is 1030. The first-order valence-electron chi connectivity index (χ1n) is 7.02. The molecular formula is C17H11N5O. The maximum atomic E-state index is 12.4. The summed E-state index contributed by atoms with van der Waals surface area (Å²) in [5, 5.41) is 2.86. The van der Waals surface area contributed by atoms with Gasteiger partial charge >= 0.3 is 0 Å². The van der Waals surface area contributed by atoms with Crippen molar-refractivity contribution >= 4 is 33.7 Å². The Morgan fingerprint density at radius 3 is 1.96 bits per heavy atom. The lowest BCUT2D eigenvalue weighted by molar-refractivity contribution is 0.102. The molecule has 2 aromatic carbocycles. The Labute approximate surface area is 131 Å². The lowest BCUT2D eigenvalue weighted by Crippen LogP contribution is -2.12. The zero-order chi connectivity index (χ0) is 15.6. The lowest BCUT2D eigenvalue weighted by Gasteiger charge is -2.06. The predicted octanol–water partition coefficient (Wildman–Crippen LogP) is 2.83. The van der Waals surface area contributed by atoms with Crippen molar-refractivity contribution in [3.63, 3.8) is 0 Å². The highest BCUT2D eigenvalue weighted by Gasteiger charge is 2.08. The molecule has 4 rings (SSSR count). The second-order valence-corrected chi connectivity index (χ2v) is 4.97. The highest BCUT2D eigenvalue weighted by molar-refractivity contribution is 6.06. The number of carbonyl (C=O) groups is 1. The minimum absolute atomic E-state index is 0.208. The van der Waals surface area contributed by atoms with Crippen LogP contribution in [0.5, 0.6) is 0 Å². The van der Waals surface area contributed by atoms with Crippen molar-refractivity contribution in [3.05, 3.63) is 66.7 Å². The van der Waals surface area contributed by atoms with E-state index in [0.29, 0.717) is 16.8 Å². The molecule has 0 saturated heterocycles. The fourth-order valence-electron chi connectivity index (χ4n) is 2.35. The number of hydrogen-bond donors (Lipinski definition) is 1. The average Bonchev–Trinajstić information content (AvgIpc) is 2.61. The smallest absolute Gasteiger partial charge is 0.255 e. The topological polar surface area (TPSA) is 80.7 Å². The molecule has 1 amide bonds. The molecule has 6 nitrogen and oxygen atoms in total. The summed E-state index contributed by atoms with van der Waals surface area (Å²) >= 11 is 0. The third kappa shape index (κ3) is 2.57. The van der Waals surface area contributed by atoms with Crippen LogP contribution in [0, 0.1) is 0 Å². The van der Waals surface area contributed by atoms with E-state index in [1.807, 2.05) is 6.07 Å². The molecule has 23 heavy (non-hydrogen) atoms. The molecule has 0 aliphatic carbocycles. The molecule has 0 bridgehead atoms. The highest BCUT2D eigenvalue weighted by Crippen LogP contribution is 2.17. The first-order chi connectivity index (χ1) is 11.3. The van der Waals surface area contributed by atoms with Crippen molar-refractivity contribution in [1.82, 2.24) is 19.9 Å². The molecular weight excluding hydrogens is 290 g/mol. The molecule has 4 aromatic rings. The number of fused-ring (bicyclic) bond motifs is 2. The molecule has 0 aliphatic rings. The van der Waals surface area contributed by atoms with Crippen LogP contribution in [0.15, 0.2) is 61.2 Å². The predicted molar refractivity (Wildman–Crippen MR) is 87.0 cm³/mol. The minimum atomic E-state index is -0.208. The Morgan fingerprint density at radius 1 is 0.696 bits per heavy atom. The number of anilines is 1. The third-order valence-corrected chi connectivity index (χ3v) is 3.46. The summed E-state index contributed by atoms with van der Waals surface area (Å²) in [7, 11) is 0. The number of amides is 1. The zero-order valence-electron chi connectivity index (χ0n) is 12.0. The van der Waals surface area contributed by atoms with E-state index in [0.717, 1.165) is 16.6 Å². The molecule has 110 valence electrons. The number of nitrogens with one attached hydrogen (secondary N) is 1. The molecule has 2 aromatic heterocycles. The van der Waals surface area contributed by atoms with Gasteiger partial charge in [-0.25, -0.2) is 0 Å². The molecule has 0 spiro atoms. The van der Waals surface area contributed by atoms with E-state index in [-0.39, 0.29) is 5.91 Å². The van der Waals surface area contributed by atoms with E-state index in [1.54, 1.807) is 55.1 Å². The molecule has 2 heterocycles. The normalized spacial score (nSPS) is 10.8. The quantitative estimate of drug-likeness (QED) is 0.615. The van der Waals surface area contributed by atoms with Gasteiger partial charge in [-0.2, -0.15) is 0 Å². The number of aromatic nitrogens is 4. The maximum absolute atomic E-state index is 12.4. The van der Waals surface area contributed by atoms with Gasteiger partial charge in [0.05, 0.1) is 22.1 Å². The van der Waals surface area contributed by atoms with E-state index in [2.05, 4.69) is 25.3 Å². The van der Waals surface area contributed by atoms with Crippen LogP contribution < -0.4 is 5.32 Å². The van der Waals surface area contributed by atoms with E-state index in [1.165, 1.54) is 0 Å². The molecule has 0 unspecified atom stereocenters. The van der Waals surface area contributed by atoms with Gasteiger partial charge in [-0.15, -0.1) is 0 Å². The molecule has 6 heteroatoms. The standard InChI is InChI=1S/C17H11N5O/c23-17(11-1-3-13-15(9-11)20-7-5-18-13)22-12-2-4-14-16(10-12)21-8-6-19-14/h1-10H,(H,22,23). The Hall–Kier alpha value is -3.41. The molecule has 1 N–H and O–H groups in total. The van der Waals surface area contributed by atoms with Crippen LogP contribution in [0.25, 0.3) is 22.1 Å². The van der Waals surface area contributed by atoms with E-state index >= 15 is 0 Å². The van der Waals surface area contributed by atoms with Gasteiger partial charge < -0.3 is 5.32 Å². The summed E-state index contributed by atoms with van der Waals surface area (Å²) < 4.78 is 0. The van der Waals surface area contributed by atoms with Gasteiger partial charge in [0.25, 0.3) is 5.91 Å². The van der Waals surface area contributed by atoms with Crippen LogP contribution in [-0.4, -0.2) is 25.8 Å². The highest BCUT2D eigenvalue weighted by atomic mass is 16.1. The van der Waals surface area contributed by atoms with Crippen LogP contribution in [0.2, 0.25) is 0 Å². The van der Waals surface area contributed by atoms with Crippen molar-refractivity contribution in [3.8, 4) is 0 Å². The summed E-state index contributed by atoms with van der Waals surface area (Å²) in [4.78, 5) is 29.2. The van der Waals surface area contributed by atoms with Gasteiger partial charge in [0.2, 0.25) is 0 Å². The summed E-state index contributed by atoms with van der Waals surface area (Å²) in [5.74, 6) is -0.208. The van der Waals surface area contributed by atoms with Crippen LogP contribution in [-0.2, 0) is 0 Å². The Kier molecular flexibility index (Phi) is 3.12. The van der Waals surface area contributed by atoms with E-state index in [9.17, 15) is 4.79 Å². The van der Waals surface area contributed by atoms with E-state index < -0.39 is 0 Å².